The molecule has 13 heavy (non-hydrogen) atoms. The molecule has 1 aliphatic rings. The van der Waals surface area contributed by atoms with E-state index in [0.29, 0.717) is 5.92 Å². The van der Waals surface area contributed by atoms with Gasteiger partial charge in [-0.3, -0.25) is 0 Å². The van der Waals surface area contributed by atoms with Gasteiger partial charge < -0.3 is 5.32 Å². The molecule has 0 amide bonds. The van der Waals surface area contributed by atoms with Gasteiger partial charge >= 0.3 is 0 Å². The Morgan fingerprint density at radius 3 is 3.08 bits per heavy atom. The van der Waals surface area contributed by atoms with Gasteiger partial charge in [0.05, 0.1) is 3.79 Å². The molecule has 1 N–H and O–H groups in total. The molecular weight excluding hydrogens is 246 g/mol. The summed E-state index contributed by atoms with van der Waals surface area (Å²) in [6.45, 7) is 6.78. The van der Waals surface area contributed by atoms with Crippen LogP contribution in [-0.2, 0) is 6.42 Å². The van der Waals surface area contributed by atoms with Gasteiger partial charge in [-0.2, -0.15) is 0 Å². The average Bonchev–Trinajstić information content (AvgIpc) is 2.29. The van der Waals surface area contributed by atoms with Gasteiger partial charge in [-0.15, -0.1) is 11.3 Å². The molecule has 1 aromatic rings. The predicted octanol–water partition coefficient (Wildman–Crippen LogP) is 3.07. The molecule has 0 saturated carbocycles. The number of hydrogen-bond donors (Lipinski definition) is 1. The van der Waals surface area contributed by atoms with E-state index in [-0.39, 0.29) is 0 Å². The summed E-state index contributed by atoms with van der Waals surface area (Å²) in [6.07, 6.45) is 1.19. The third-order valence-corrected chi connectivity index (χ3v) is 4.92. The van der Waals surface area contributed by atoms with Crippen molar-refractivity contribution in [1.29, 1.82) is 0 Å². The van der Waals surface area contributed by atoms with Gasteiger partial charge in [0.15, 0.2) is 0 Å². The second-order valence-corrected chi connectivity index (χ2v) is 6.12. The number of fused-ring (bicyclic) bond motifs is 1. The molecule has 72 valence electrons. The molecule has 0 spiro atoms. The molecule has 1 unspecified atom stereocenters. The van der Waals surface area contributed by atoms with E-state index in [1.165, 1.54) is 15.8 Å². The zero-order valence-electron chi connectivity index (χ0n) is 7.98. The van der Waals surface area contributed by atoms with Crippen LogP contribution in [0, 0.1) is 6.92 Å². The van der Waals surface area contributed by atoms with Crippen LogP contribution < -0.4 is 5.32 Å². The molecule has 0 aromatic carbocycles. The number of rotatable bonds is 0. The van der Waals surface area contributed by atoms with Gasteiger partial charge in [0.2, 0.25) is 0 Å². The summed E-state index contributed by atoms with van der Waals surface area (Å²) >= 11 is 5.54. The van der Waals surface area contributed by atoms with Crippen LogP contribution in [0.5, 0.6) is 0 Å². The highest BCUT2D eigenvalue weighted by Crippen LogP contribution is 2.37. The molecule has 0 aliphatic carbocycles. The maximum Gasteiger partial charge on any atom is 0.0733 e. The zero-order chi connectivity index (χ0) is 9.42. The van der Waals surface area contributed by atoms with Crippen molar-refractivity contribution in [3.05, 3.63) is 19.8 Å². The van der Waals surface area contributed by atoms with Gasteiger partial charge in [0.1, 0.15) is 0 Å². The molecule has 0 fully saturated rings. The van der Waals surface area contributed by atoms with E-state index in [4.69, 9.17) is 0 Å². The van der Waals surface area contributed by atoms with Crippen molar-refractivity contribution in [3.63, 3.8) is 0 Å². The normalized spacial score (nSPS) is 22.5. The van der Waals surface area contributed by atoms with E-state index in [1.54, 1.807) is 10.4 Å². The smallest absolute Gasteiger partial charge is 0.0733 e. The van der Waals surface area contributed by atoms with Gasteiger partial charge in [-0.25, -0.2) is 0 Å². The zero-order valence-corrected chi connectivity index (χ0v) is 10.4. The molecular formula is C10H14BrNS. The van der Waals surface area contributed by atoms with Crippen LogP contribution in [-0.4, -0.2) is 13.1 Å². The minimum Gasteiger partial charge on any atom is -0.316 e. The van der Waals surface area contributed by atoms with E-state index in [1.807, 2.05) is 11.3 Å². The quantitative estimate of drug-likeness (QED) is 0.756. The molecule has 1 aliphatic heterocycles. The van der Waals surface area contributed by atoms with E-state index in [0.717, 1.165) is 13.1 Å². The fourth-order valence-corrected chi connectivity index (χ4v) is 3.95. The largest absolute Gasteiger partial charge is 0.316 e. The lowest BCUT2D eigenvalue weighted by Crippen LogP contribution is -2.18. The Kier molecular flexibility index (Phi) is 2.77. The Hall–Kier alpha value is 0.140. The maximum absolute atomic E-state index is 3.63. The lowest BCUT2D eigenvalue weighted by Gasteiger charge is -2.09. The van der Waals surface area contributed by atoms with Crippen LogP contribution in [0.1, 0.15) is 28.8 Å². The molecule has 1 atom stereocenters. The molecule has 0 saturated heterocycles. The second-order valence-electron chi connectivity index (χ2n) is 3.69. The third-order valence-electron chi connectivity index (χ3n) is 2.68. The van der Waals surface area contributed by atoms with Crippen molar-refractivity contribution in [2.45, 2.75) is 26.2 Å². The number of hydrogen-bond acceptors (Lipinski definition) is 2. The Balaban J connectivity index is 2.48. The highest BCUT2D eigenvalue weighted by atomic mass is 79.9. The lowest BCUT2D eigenvalue weighted by molar-refractivity contribution is 0.642. The molecule has 2 rings (SSSR count). The van der Waals surface area contributed by atoms with E-state index >= 15 is 0 Å². The van der Waals surface area contributed by atoms with Crippen molar-refractivity contribution >= 4 is 27.3 Å². The van der Waals surface area contributed by atoms with E-state index < -0.39 is 0 Å². The van der Waals surface area contributed by atoms with E-state index in [2.05, 4.69) is 35.1 Å². The summed E-state index contributed by atoms with van der Waals surface area (Å²) in [7, 11) is 0. The fourth-order valence-electron chi connectivity index (χ4n) is 2.01. The van der Waals surface area contributed by atoms with Crippen LogP contribution in [0.3, 0.4) is 0 Å². The number of thiophene rings is 1. The fraction of sp³-hybridized carbons (Fsp3) is 0.600. The Bertz CT molecular complexity index is 319. The highest BCUT2D eigenvalue weighted by molar-refractivity contribution is 9.11. The minimum absolute atomic E-state index is 0.667. The first-order chi connectivity index (χ1) is 6.20. The standard InChI is InChI=1S/C10H14BrNS/c1-6-5-12-4-3-8-9(6)7(2)10(11)13-8/h6,12H,3-5H2,1-2H3. The first kappa shape index (κ1) is 9.69. The van der Waals surface area contributed by atoms with Gasteiger partial charge in [0.25, 0.3) is 0 Å². The van der Waals surface area contributed by atoms with E-state index in [9.17, 15) is 0 Å². The summed E-state index contributed by atoms with van der Waals surface area (Å²) < 4.78 is 1.33. The maximum atomic E-state index is 3.63. The van der Waals surface area contributed by atoms with Crippen LogP contribution in [0.25, 0.3) is 0 Å². The minimum atomic E-state index is 0.667. The van der Waals surface area contributed by atoms with Crippen molar-refractivity contribution in [2.24, 2.45) is 0 Å². The Morgan fingerprint density at radius 2 is 2.31 bits per heavy atom. The first-order valence-corrected chi connectivity index (χ1v) is 6.29. The monoisotopic (exact) mass is 259 g/mol. The summed E-state index contributed by atoms with van der Waals surface area (Å²) in [5.41, 5.74) is 3.04. The van der Waals surface area contributed by atoms with Crippen LogP contribution >= 0.6 is 27.3 Å². The molecule has 2 heterocycles. The van der Waals surface area contributed by atoms with Crippen molar-refractivity contribution in [3.8, 4) is 0 Å². The SMILES string of the molecule is Cc1c(Br)sc2c1C(C)CNCC2. The molecule has 0 radical (unpaired) electrons. The number of nitrogens with one attached hydrogen (secondary N) is 1. The van der Waals surface area contributed by atoms with Crippen molar-refractivity contribution in [2.75, 3.05) is 13.1 Å². The second kappa shape index (κ2) is 3.71. The van der Waals surface area contributed by atoms with Crippen LogP contribution in [0.2, 0.25) is 0 Å². The summed E-state index contributed by atoms with van der Waals surface area (Å²) in [5, 5.41) is 3.47. The summed E-state index contributed by atoms with van der Waals surface area (Å²) in [5.74, 6) is 0.667. The van der Waals surface area contributed by atoms with Crippen molar-refractivity contribution in [1.82, 2.24) is 5.32 Å². The lowest BCUT2D eigenvalue weighted by atomic mass is 9.98. The van der Waals surface area contributed by atoms with Gasteiger partial charge in [-0.05, 0) is 52.9 Å². The summed E-state index contributed by atoms with van der Waals surface area (Å²) in [6, 6.07) is 0. The molecule has 1 aromatic heterocycles. The molecule has 0 bridgehead atoms. The Morgan fingerprint density at radius 1 is 1.54 bits per heavy atom. The average molecular weight is 260 g/mol. The highest BCUT2D eigenvalue weighted by Gasteiger charge is 2.20. The van der Waals surface area contributed by atoms with Crippen molar-refractivity contribution < 1.29 is 0 Å². The number of halogens is 1. The Labute approximate surface area is 91.7 Å². The van der Waals surface area contributed by atoms with Crippen LogP contribution in [0.4, 0.5) is 0 Å². The predicted molar refractivity (Wildman–Crippen MR) is 61.7 cm³/mol. The van der Waals surface area contributed by atoms with Crippen LogP contribution in [0.15, 0.2) is 3.79 Å². The van der Waals surface area contributed by atoms with Gasteiger partial charge in [-0.1, -0.05) is 6.92 Å². The topological polar surface area (TPSA) is 12.0 Å². The third kappa shape index (κ3) is 1.69. The first-order valence-electron chi connectivity index (χ1n) is 4.68. The summed E-state index contributed by atoms with van der Waals surface area (Å²) in [4.78, 5) is 1.57. The van der Waals surface area contributed by atoms with Gasteiger partial charge in [0, 0.05) is 11.4 Å². The molecule has 3 heteroatoms. The molecule has 1 nitrogen and oxygen atoms in total.